The summed E-state index contributed by atoms with van der Waals surface area (Å²) in [6.45, 7) is 2.89. The number of nitrogens with zero attached hydrogens (tertiary/aromatic N) is 2. The second-order valence-electron chi connectivity index (χ2n) is 8.03. The van der Waals surface area contributed by atoms with Crippen molar-refractivity contribution in [3.8, 4) is 0 Å². The van der Waals surface area contributed by atoms with Crippen LogP contribution in [0.2, 0.25) is 0 Å². The zero-order chi connectivity index (χ0) is 24.5. The number of ether oxygens (including phenoxy) is 3. The van der Waals surface area contributed by atoms with Gasteiger partial charge in [0.15, 0.2) is 5.69 Å². The number of aromatic nitrogens is 2. The van der Waals surface area contributed by atoms with Gasteiger partial charge in [-0.3, -0.25) is 4.79 Å². The number of anilines is 2. The molecule has 0 spiro atoms. The van der Waals surface area contributed by atoms with Crippen molar-refractivity contribution in [1.82, 2.24) is 9.55 Å². The fourth-order valence-electron chi connectivity index (χ4n) is 3.93. The molecule has 34 heavy (non-hydrogen) atoms. The van der Waals surface area contributed by atoms with Crippen LogP contribution in [0, 0.1) is 0 Å². The summed E-state index contributed by atoms with van der Waals surface area (Å²) in [7, 11) is 4.40. The second-order valence-corrected chi connectivity index (χ2v) is 8.03. The Morgan fingerprint density at radius 2 is 1.88 bits per heavy atom. The van der Waals surface area contributed by atoms with Crippen molar-refractivity contribution < 1.29 is 23.8 Å². The van der Waals surface area contributed by atoms with Crippen LogP contribution in [0.25, 0.3) is 11.0 Å². The van der Waals surface area contributed by atoms with Crippen LogP contribution in [-0.4, -0.2) is 62.0 Å². The van der Waals surface area contributed by atoms with Crippen LogP contribution in [0.15, 0.2) is 42.6 Å². The van der Waals surface area contributed by atoms with Crippen LogP contribution < -0.4 is 10.6 Å². The lowest BCUT2D eigenvalue weighted by atomic mass is 10.1. The quantitative estimate of drug-likeness (QED) is 0.392. The minimum Gasteiger partial charge on any atom is -0.464 e. The summed E-state index contributed by atoms with van der Waals surface area (Å²) in [5.74, 6) is -0.921. The van der Waals surface area contributed by atoms with Crippen molar-refractivity contribution in [2.24, 2.45) is 0 Å². The maximum atomic E-state index is 12.9. The van der Waals surface area contributed by atoms with Gasteiger partial charge in [0.2, 0.25) is 5.91 Å². The minimum atomic E-state index is -0.548. The van der Waals surface area contributed by atoms with E-state index in [0.29, 0.717) is 29.9 Å². The summed E-state index contributed by atoms with van der Waals surface area (Å²) >= 11 is 0. The number of hydrogen-bond donors (Lipinski definition) is 2. The molecule has 3 aromatic rings. The van der Waals surface area contributed by atoms with Crippen molar-refractivity contribution >= 4 is 34.3 Å². The van der Waals surface area contributed by atoms with Gasteiger partial charge in [-0.2, -0.15) is 0 Å². The molecule has 0 aliphatic heterocycles. The molecule has 0 aliphatic rings. The molecule has 0 saturated carbocycles. The molecule has 2 aromatic heterocycles. The number of methoxy groups -OCH3 is 3. The van der Waals surface area contributed by atoms with E-state index in [0.717, 1.165) is 18.5 Å². The van der Waals surface area contributed by atoms with Crippen LogP contribution in [0.4, 0.5) is 11.4 Å². The first-order chi connectivity index (χ1) is 16.5. The number of pyridine rings is 1. The first kappa shape index (κ1) is 25.2. The second kappa shape index (κ2) is 12.2. The van der Waals surface area contributed by atoms with Crippen molar-refractivity contribution in [2.45, 2.75) is 32.4 Å². The molecule has 9 heteroatoms. The molecule has 0 unspecified atom stereocenters. The average molecular weight is 469 g/mol. The molecule has 2 heterocycles. The summed E-state index contributed by atoms with van der Waals surface area (Å²) in [4.78, 5) is 29.9. The standard InChI is InChI=1S/C25H32N4O5/c1-17(15-32-2)27-19-13-20-22(28-21(30)16-33-3)23(25(31)34-4)29(24(20)26-14-19)12-8-11-18-9-6-5-7-10-18/h5-7,9-10,13-14,17,27H,8,11-12,15-16H2,1-4H3,(H,28,30)/t17-/m0/s1. The van der Waals surface area contributed by atoms with E-state index in [2.05, 4.69) is 27.8 Å². The van der Waals surface area contributed by atoms with E-state index in [-0.39, 0.29) is 24.2 Å². The molecule has 182 valence electrons. The molecule has 0 bridgehead atoms. The van der Waals surface area contributed by atoms with Crippen LogP contribution in [-0.2, 0) is 32.0 Å². The zero-order valence-corrected chi connectivity index (χ0v) is 20.1. The monoisotopic (exact) mass is 468 g/mol. The van der Waals surface area contributed by atoms with Gasteiger partial charge in [0.25, 0.3) is 0 Å². The average Bonchev–Trinajstić information content (AvgIpc) is 3.12. The first-order valence-electron chi connectivity index (χ1n) is 11.2. The minimum absolute atomic E-state index is 0.0452. The molecule has 0 aliphatic carbocycles. The van der Waals surface area contributed by atoms with Gasteiger partial charge < -0.3 is 29.4 Å². The lowest BCUT2D eigenvalue weighted by Crippen LogP contribution is -2.21. The van der Waals surface area contributed by atoms with Crippen LogP contribution in [0.5, 0.6) is 0 Å². The van der Waals surface area contributed by atoms with E-state index in [4.69, 9.17) is 14.2 Å². The Morgan fingerprint density at radius 3 is 2.56 bits per heavy atom. The van der Waals surface area contributed by atoms with Gasteiger partial charge in [0.1, 0.15) is 12.3 Å². The summed E-state index contributed by atoms with van der Waals surface area (Å²) < 4.78 is 17.1. The van der Waals surface area contributed by atoms with E-state index in [1.807, 2.05) is 35.8 Å². The van der Waals surface area contributed by atoms with E-state index in [9.17, 15) is 9.59 Å². The Balaban J connectivity index is 2.03. The third-order valence-electron chi connectivity index (χ3n) is 5.34. The van der Waals surface area contributed by atoms with Crippen LogP contribution in [0.3, 0.4) is 0 Å². The number of aryl methyl sites for hydroxylation is 2. The van der Waals surface area contributed by atoms with Gasteiger partial charge in [-0.15, -0.1) is 0 Å². The number of carbonyl (C=O) groups excluding carboxylic acids is 2. The van der Waals surface area contributed by atoms with Crippen molar-refractivity contribution in [3.63, 3.8) is 0 Å². The van der Waals surface area contributed by atoms with Crippen molar-refractivity contribution in [2.75, 3.05) is 45.2 Å². The molecular formula is C25H32N4O5. The third kappa shape index (κ3) is 6.12. The van der Waals surface area contributed by atoms with Gasteiger partial charge in [-0.25, -0.2) is 9.78 Å². The summed E-state index contributed by atoms with van der Waals surface area (Å²) in [6.07, 6.45) is 3.32. The van der Waals surface area contributed by atoms with Gasteiger partial charge in [0, 0.05) is 32.2 Å². The maximum Gasteiger partial charge on any atom is 0.356 e. The maximum absolute atomic E-state index is 12.9. The molecule has 2 N–H and O–H groups in total. The SMILES string of the molecule is COCC(=O)Nc1c(C(=O)OC)n(CCCc2ccccc2)c2ncc(N[C@@H](C)COC)cc12. The predicted molar refractivity (Wildman–Crippen MR) is 131 cm³/mol. The highest BCUT2D eigenvalue weighted by Gasteiger charge is 2.26. The Morgan fingerprint density at radius 1 is 1.12 bits per heavy atom. The molecular weight excluding hydrogens is 436 g/mol. The topological polar surface area (TPSA) is 104 Å². The summed E-state index contributed by atoms with van der Waals surface area (Å²) in [5.41, 5.74) is 3.16. The van der Waals surface area contributed by atoms with Crippen LogP contribution in [0.1, 0.15) is 29.4 Å². The van der Waals surface area contributed by atoms with Gasteiger partial charge in [-0.1, -0.05) is 30.3 Å². The Hall–Kier alpha value is -3.43. The highest BCUT2D eigenvalue weighted by Crippen LogP contribution is 2.33. The summed E-state index contributed by atoms with van der Waals surface area (Å²) in [5, 5.41) is 6.79. The molecule has 3 rings (SSSR count). The molecule has 1 aromatic carbocycles. The number of rotatable bonds is 12. The Kier molecular flexibility index (Phi) is 9.00. The fourth-order valence-corrected chi connectivity index (χ4v) is 3.93. The molecule has 9 nitrogen and oxygen atoms in total. The molecule has 0 radical (unpaired) electrons. The fraction of sp³-hybridized carbons (Fsp3) is 0.400. The van der Waals surface area contributed by atoms with Gasteiger partial charge in [-0.05, 0) is 31.4 Å². The first-order valence-corrected chi connectivity index (χ1v) is 11.2. The zero-order valence-electron chi connectivity index (χ0n) is 20.1. The van der Waals surface area contributed by atoms with Crippen LogP contribution >= 0.6 is 0 Å². The number of nitrogens with one attached hydrogen (secondary N) is 2. The lowest BCUT2D eigenvalue weighted by Gasteiger charge is -2.14. The van der Waals surface area contributed by atoms with Gasteiger partial charge in [0.05, 0.1) is 31.3 Å². The largest absolute Gasteiger partial charge is 0.464 e. The molecule has 1 amide bonds. The van der Waals surface area contributed by atoms with E-state index in [1.165, 1.54) is 19.8 Å². The lowest BCUT2D eigenvalue weighted by molar-refractivity contribution is -0.119. The van der Waals surface area contributed by atoms with E-state index in [1.54, 1.807) is 13.3 Å². The highest BCUT2D eigenvalue weighted by atomic mass is 16.5. The number of hydrogen-bond acceptors (Lipinski definition) is 7. The number of carbonyl (C=O) groups is 2. The normalized spacial score (nSPS) is 11.9. The third-order valence-corrected chi connectivity index (χ3v) is 5.34. The smallest absolute Gasteiger partial charge is 0.356 e. The summed E-state index contributed by atoms with van der Waals surface area (Å²) in [6, 6.07) is 12.1. The van der Waals surface area contributed by atoms with Gasteiger partial charge >= 0.3 is 5.97 Å². The van der Waals surface area contributed by atoms with Crippen molar-refractivity contribution in [3.05, 3.63) is 53.9 Å². The molecule has 0 fully saturated rings. The number of amides is 1. The number of benzene rings is 1. The molecule has 1 atom stereocenters. The number of fused-ring (bicyclic) bond motifs is 1. The van der Waals surface area contributed by atoms with Crippen molar-refractivity contribution in [1.29, 1.82) is 0 Å². The molecule has 0 saturated heterocycles. The Labute approximate surface area is 199 Å². The highest BCUT2D eigenvalue weighted by molar-refractivity contribution is 6.11. The predicted octanol–water partition coefficient (Wildman–Crippen LogP) is 3.49. The Bertz CT molecular complexity index is 1110. The van der Waals surface area contributed by atoms with E-state index >= 15 is 0 Å². The van der Waals surface area contributed by atoms with E-state index < -0.39 is 5.97 Å². The number of esters is 1.